The van der Waals surface area contributed by atoms with Crippen LogP contribution in [0.2, 0.25) is 0 Å². The first-order valence-electron chi connectivity index (χ1n) is 5.00. The molecule has 0 aliphatic heterocycles. The van der Waals surface area contributed by atoms with Gasteiger partial charge in [0, 0.05) is 6.42 Å². The maximum absolute atomic E-state index is 11.6. The lowest BCUT2D eigenvalue weighted by Crippen LogP contribution is -2.16. The zero-order chi connectivity index (χ0) is 12.3. The van der Waals surface area contributed by atoms with Crippen molar-refractivity contribution in [2.75, 3.05) is 7.11 Å². The number of rotatable bonds is 3. The Kier molecular flexibility index (Phi) is 3.34. The van der Waals surface area contributed by atoms with E-state index in [9.17, 15) is 4.79 Å². The van der Waals surface area contributed by atoms with Crippen LogP contribution in [0.25, 0.3) is 0 Å². The Hall–Kier alpha value is -1.95. The van der Waals surface area contributed by atoms with Crippen molar-refractivity contribution in [3.63, 3.8) is 0 Å². The van der Waals surface area contributed by atoms with Gasteiger partial charge in [0.25, 0.3) is 5.56 Å². The van der Waals surface area contributed by atoms with Gasteiger partial charge < -0.3 is 4.74 Å². The number of aromatic nitrogens is 3. The van der Waals surface area contributed by atoms with Gasteiger partial charge in [0.1, 0.15) is 11.4 Å². The summed E-state index contributed by atoms with van der Waals surface area (Å²) in [7, 11) is 1.60. The van der Waals surface area contributed by atoms with Gasteiger partial charge in [0.15, 0.2) is 4.77 Å². The van der Waals surface area contributed by atoms with E-state index in [2.05, 4.69) is 15.2 Å². The first-order chi connectivity index (χ1) is 8.19. The molecule has 0 atom stereocenters. The lowest BCUT2D eigenvalue weighted by molar-refractivity contribution is 0.414. The summed E-state index contributed by atoms with van der Waals surface area (Å²) in [6.45, 7) is 0. The molecule has 88 valence electrons. The van der Waals surface area contributed by atoms with E-state index in [4.69, 9.17) is 17.0 Å². The quantitative estimate of drug-likeness (QED) is 0.807. The van der Waals surface area contributed by atoms with Crippen LogP contribution in [-0.4, -0.2) is 22.3 Å². The van der Waals surface area contributed by atoms with E-state index in [1.54, 1.807) is 7.11 Å². The van der Waals surface area contributed by atoms with E-state index >= 15 is 0 Å². The Morgan fingerprint density at radius 3 is 3.00 bits per heavy atom. The summed E-state index contributed by atoms with van der Waals surface area (Å²) in [4.78, 5) is 14.1. The lowest BCUT2D eigenvalue weighted by atomic mass is 10.1. The highest BCUT2D eigenvalue weighted by Crippen LogP contribution is 2.13. The van der Waals surface area contributed by atoms with Gasteiger partial charge in [-0.05, 0) is 29.9 Å². The Labute approximate surface area is 102 Å². The number of nitrogens with zero attached hydrogens (tertiary/aromatic N) is 1. The molecule has 0 amide bonds. The molecule has 0 aliphatic rings. The molecule has 6 heteroatoms. The zero-order valence-electron chi connectivity index (χ0n) is 9.19. The summed E-state index contributed by atoms with van der Waals surface area (Å²) < 4.78 is 5.34. The summed E-state index contributed by atoms with van der Waals surface area (Å²) in [6.07, 6.45) is 0.429. The molecule has 17 heavy (non-hydrogen) atoms. The summed E-state index contributed by atoms with van der Waals surface area (Å²) in [6, 6.07) is 7.49. The molecule has 1 aromatic carbocycles. The van der Waals surface area contributed by atoms with E-state index in [1.165, 1.54) is 0 Å². The Morgan fingerprint density at radius 2 is 2.29 bits per heavy atom. The second-order valence-corrected chi connectivity index (χ2v) is 3.89. The molecule has 0 fully saturated rings. The summed E-state index contributed by atoms with van der Waals surface area (Å²) in [5, 5.41) is 6.48. The molecule has 0 unspecified atom stereocenters. The maximum atomic E-state index is 11.6. The molecular weight excluding hydrogens is 238 g/mol. The second-order valence-electron chi connectivity index (χ2n) is 3.48. The van der Waals surface area contributed by atoms with Gasteiger partial charge in [-0.3, -0.25) is 14.9 Å². The monoisotopic (exact) mass is 249 g/mol. The van der Waals surface area contributed by atoms with Crippen molar-refractivity contribution in [2.24, 2.45) is 0 Å². The van der Waals surface area contributed by atoms with Crippen molar-refractivity contribution >= 4 is 12.2 Å². The average molecular weight is 249 g/mol. The largest absolute Gasteiger partial charge is 0.497 e. The van der Waals surface area contributed by atoms with Gasteiger partial charge in [-0.1, -0.05) is 12.1 Å². The highest BCUT2D eigenvalue weighted by Gasteiger charge is 2.04. The number of methoxy groups -OCH3 is 1. The highest BCUT2D eigenvalue weighted by atomic mass is 32.1. The molecule has 2 aromatic rings. The van der Waals surface area contributed by atoms with Crippen molar-refractivity contribution in [3.8, 4) is 5.75 Å². The minimum Gasteiger partial charge on any atom is -0.497 e. The van der Waals surface area contributed by atoms with Crippen LogP contribution in [0.5, 0.6) is 5.75 Å². The Morgan fingerprint density at radius 1 is 1.47 bits per heavy atom. The van der Waals surface area contributed by atoms with Gasteiger partial charge in [-0.25, -0.2) is 0 Å². The van der Waals surface area contributed by atoms with E-state index in [1.807, 2.05) is 24.3 Å². The number of nitrogens with one attached hydrogen (secondary N) is 2. The van der Waals surface area contributed by atoms with Crippen molar-refractivity contribution in [1.82, 2.24) is 15.2 Å². The third kappa shape index (κ3) is 2.79. The van der Waals surface area contributed by atoms with Crippen LogP contribution in [0.1, 0.15) is 11.3 Å². The van der Waals surface area contributed by atoms with E-state index in [-0.39, 0.29) is 10.3 Å². The molecule has 0 aliphatic carbocycles. The summed E-state index contributed by atoms with van der Waals surface area (Å²) in [5.74, 6) is 0.753. The predicted molar refractivity (Wildman–Crippen MR) is 65.8 cm³/mol. The number of H-pyrrole nitrogens is 2. The van der Waals surface area contributed by atoms with Crippen molar-refractivity contribution in [2.45, 2.75) is 6.42 Å². The van der Waals surface area contributed by atoms with Crippen LogP contribution in [0, 0.1) is 4.77 Å². The van der Waals surface area contributed by atoms with Gasteiger partial charge in [0.2, 0.25) is 0 Å². The Balaban J connectivity index is 2.31. The number of hydrogen-bond donors (Lipinski definition) is 2. The molecule has 0 radical (unpaired) electrons. The minimum atomic E-state index is -0.267. The molecule has 0 saturated heterocycles. The molecule has 5 nitrogen and oxygen atoms in total. The molecule has 2 N–H and O–H groups in total. The van der Waals surface area contributed by atoms with Crippen molar-refractivity contribution in [1.29, 1.82) is 0 Å². The van der Waals surface area contributed by atoms with E-state index in [0.29, 0.717) is 12.1 Å². The first-order valence-corrected chi connectivity index (χ1v) is 5.40. The van der Waals surface area contributed by atoms with Gasteiger partial charge in [-0.15, -0.1) is 0 Å². The van der Waals surface area contributed by atoms with Gasteiger partial charge >= 0.3 is 0 Å². The minimum absolute atomic E-state index is 0.226. The number of aromatic amines is 2. The normalized spacial score (nSPS) is 10.2. The van der Waals surface area contributed by atoms with Crippen molar-refractivity contribution < 1.29 is 4.74 Å². The highest BCUT2D eigenvalue weighted by molar-refractivity contribution is 7.71. The lowest BCUT2D eigenvalue weighted by Gasteiger charge is -2.03. The van der Waals surface area contributed by atoms with Crippen LogP contribution in [-0.2, 0) is 6.42 Å². The molecule has 1 aromatic heterocycles. The van der Waals surface area contributed by atoms with E-state index < -0.39 is 0 Å². The van der Waals surface area contributed by atoms with Gasteiger partial charge in [-0.2, -0.15) is 5.10 Å². The fourth-order valence-electron chi connectivity index (χ4n) is 1.47. The second kappa shape index (κ2) is 4.92. The Bertz CT molecular complexity index is 633. The van der Waals surface area contributed by atoms with Crippen LogP contribution in [0.3, 0.4) is 0 Å². The number of benzene rings is 1. The third-order valence-corrected chi connectivity index (χ3v) is 2.48. The van der Waals surface area contributed by atoms with Crippen LogP contribution < -0.4 is 10.3 Å². The molecule has 2 rings (SSSR count). The van der Waals surface area contributed by atoms with E-state index in [0.717, 1.165) is 11.3 Å². The fraction of sp³-hybridized carbons (Fsp3) is 0.182. The topological polar surface area (TPSA) is 70.8 Å². The molecule has 0 saturated carbocycles. The molecule has 0 bridgehead atoms. The first kappa shape index (κ1) is 11.5. The fourth-order valence-corrected chi connectivity index (χ4v) is 1.61. The van der Waals surface area contributed by atoms with Crippen molar-refractivity contribution in [3.05, 3.63) is 50.6 Å². The zero-order valence-corrected chi connectivity index (χ0v) is 10.0. The number of hydrogen-bond acceptors (Lipinski definition) is 4. The summed E-state index contributed by atoms with van der Waals surface area (Å²) in [5.41, 5.74) is 1.08. The SMILES string of the molecule is COc1cccc(Cc2n[nH]c(=S)[nH]c2=O)c1. The third-order valence-electron chi connectivity index (χ3n) is 2.29. The standard InChI is InChI=1S/C11H11N3O2S/c1-16-8-4-2-3-7(5-8)6-9-10(15)12-11(17)14-13-9/h2-5H,6H2,1H3,(H2,12,14,15,17). The van der Waals surface area contributed by atoms with Gasteiger partial charge in [0.05, 0.1) is 7.11 Å². The maximum Gasteiger partial charge on any atom is 0.273 e. The predicted octanol–water partition coefficient (Wildman–Crippen LogP) is 1.43. The number of ether oxygens (including phenoxy) is 1. The van der Waals surface area contributed by atoms with Crippen LogP contribution in [0.15, 0.2) is 29.1 Å². The van der Waals surface area contributed by atoms with Crippen LogP contribution in [0.4, 0.5) is 0 Å². The smallest absolute Gasteiger partial charge is 0.273 e. The molecular formula is C11H11N3O2S. The average Bonchev–Trinajstić information content (AvgIpc) is 2.33. The van der Waals surface area contributed by atoms with Crippen LogP contribution >= 0.6 is 12.2 Å². The summed E-state index contributed by atoms with van der Waals surface area (Å²) >= 11 is 4.77. The molecule has 0 spiro atoms. The molecule has 1 heterocycles.